The van der Waals surface area contributed by atoms with Crippen LogP contribution in [-0.2, 0) is 11.3 Å². The van der Waals surface area contributed by atoms with E-state index in [4.69, 9.17) is 4.74 Å². The summed E-state index contributed by atoms with van der Waals surface area (Å²) >= 11 is 0. The van der Waals surface area contributed by atoms with Crippen LogP contribution in [0.3, 0.4) is 0 Å². The van der Waals surface area contributed by atoms with Crippen LogP contribution in [-0.4, -0.2) is 24.6 Å². The van der Waals surface area contributed by atoms with E-state index in [0.29, 0.717) is 5.56 Å². The minimum Gasteiger partial charge on any atom is -0.371 e. The van der Waals surface area contributed by atoms with Crippen molar-refractivity contribution in [3.05, 3.63) is 95.6 Å². The molecule has 1 heterocycles. The summed E-state index contributed by atoms with van der Waals surface area (Å²) < 4.78 is 5.96. The third kappa shape index (κ3) is 4.09. The summed E-state index contributed by atoms with van der Waals surface area (Å²) in [4.78, 5) is 2.44. The molecule has 4 rings (SSSR count). The van der Waals surface area contributed by atoms with Gasteiger partial charge < -0.3 is 4.74 Å². The van der Waals surface area contributed by atoms with Crippen LogP contribution in [0.15, 0.2) is 78.9 Å². The zero-order valence-electron chi connectivity index (χ0n) is 15.2. The molecule has 134 valence electrons. The molecule has 3 heteroatoms. The molecule has 27 heavy (non-hydrogen) atoms. The second-order valence-electron chi connectivity index (χ2n) is 6.86. The Morgan fingerprint density at radius 2 is 1.67 bits per heavy atom. The van der Waals surface area contributed by atoms with Gasteiger partial charge in [-0.25, -0.2) is 0 Å². The maximum atomic E-state index is 9.30. The van der Waals surface area contributed by atoms with Gasteiger partial charge in [0.2, 0.25) is 0 Å². The normalized spacial score (nSPS) is 17.4. The molecule has 1 aliphatic rings. The van der Waals surface area contributed by atoms with Crippen molar-refractivity contribution >= 4 is 0 Å². The highest BCUT2D eigenvalue weighted by molar-refractivity contribution is 5.70. The SMILES string of the molecule is N#Cc1ccccc1-c1ccc(CN2CCO[C@@H](c3ccccc3)C2)cc1. The predicted octanol–water partition coefficient (Wildman–Crippen LogP) is 4.80. The van der Waals surface area contributed by atoms with Gasteiger partial charge >= 0.3 is 0 Å². The van der Waals surface area contributed by atoms with E-state index < -0.39 is 0 Å². The molecule has 0 spiro atoms. The summed E-state index contributed by atoms with van der Waals surface area (Å²) in [5, 5.41) is 9.30. The summed E-state index contributed by atoms with van der Waals surface area (Å²) in [7, 11) is 0. The minimum atomic E-state index is 0.140. The van der Waals surface area contributed by atoms with E-state index in [1.165, 1.54) is 11.1 Å². The second kappa shape index (κ2) is 8.18. The lowest BCUT2D eigenvalue weighted by molar-refractivity contribution is -0.0329. The molecule has 0 aromatic heterocycles. The third-order valence-electron chi connectivity index (χ3n) is 5.04. The van der Waals surface area contributed by atoms with Gasteiger partial charge in [0, 0.05) is 19.6 Å². The second-order valence-corrected chi connectivity index (χ2v) is 6.86. The lowest BCUT2D eigenvalue weighted by atomic mass is 9.99. The topological polar surface area (TPSA) is 36.3 Å². The first-order valence-corrected chi connectivity index (χ1v) is 9.31. The van der Waals surface area contributed by atoms with Crippen LogP contribution in [0.25, 0.3) is 11.1 Å². The third-order valence-corrected chi connectivity index (χ3v) is 5.04. The van der Waals surface area contributed by atoms with Gasteiger partial charge in [0.15, 0.2) is 0 Å². The zero-order valence-corrected chi connectivity index (χ0v) is 15.2. The maximum absolute atomic E-state index is 9.30. The number of benzene rings is 3. The monoisotopic (exact) mass is 354 g/mol. The first-order valence-electron chi connectivity index (χ1n) is 9.31. The average Bonchev–Trinajstić information content (AvgIpc) is 2.75. The molecule has 0 bridgehead atoms. The van der Waals surface area contributed by atoms with Crippen LogP contribution >= 0.6 is 0 Å². The van der Waals surface area contributed by atoms with Crippen molar-refractivity contribution in [2.75, 3.05) is 19.7 Å². The van der Waals surface area contributed by atoms with Crippen LogP contribution < -0.4 is 0 Å². The molecule has 0 unspecified atom stereocenters. The molecule has 1 fully saturated rings. The van der Waals surface area contributed by atoms with Crippen molar-refractivity contribution in [3.8, 4) is 17.2 Å². The van der Waals surface area contributed by atoms with Crippen LogP contribution in [0.1, 0.15) is 22.8 Å². The van der Waals surface area contributed by atoms with Gasteiger partial charge in [-0.05, 0) is 28.3 Å². The maximum Gasteiger partial charge on any atom is 0.0998 e. The number of nitriles is 1. The van der Waals surface area contributed by atoms with Gasteiger partial charge in [0.1, 0.15) is 0 Å². The highest BCUT2D eigenvalue weighted by atomic mass is 16.5. The van der Waals surface area contributed by atoms with Gasteiger partial charge in [-0.1, -0.05) is 72.8 Å². The summed E-state index contributed by atoms with van der Waals surface area (Å²) in [5.41, 5.74) is 5.30. The lowest BCUT2D eigenvalue weighted by Gasteiger charge is -2.33. The fourth-order valence-electron chi connectivity index (χ4n) is 3.60. The summed E-state index contributed by atoms with van der Waals surface area (Å²) in [6.45, 7) is 3.52. The predicted molar refractivity (Wildman–Crippen MR) is 107 cm³/mol. The molecule has 0 radical (unpaired) electrons. The number of hydrogen-bond acceptors (Lipinski definition) is 3. The van der Waals surface area contributed by atoms with Crippen molar-refractivity contribution in [2.45, 2.75) is 12.6 Å². The molecule has 1 aliphatic heterocycles. The molecule has 0 aliphatic carbocycles. The number of hydrogen-bond donors (Lipinski definition) is 0. The Hall–Kier alpha value is -2.93. The molecular weight excluding hydrogens is 332 g/mol. The van der Waals surface area contributed by atoms with Crippen molar-refractivity contribution in [1.82, 2.24) is 4.90 Å². The average molecular weight is 354 g/mol. The number of ether oxygens (including phenoxy) is 1. The number of rotatable bonds is 4. The van der Waals surface area contributed by atoms with E-state index in [1.54, 1.807) is 0 Å². The fraction of sp³-hybridized carbons (Fsp3) is 0.208. The van der Waals surface area contributed by atoms with E-state index in [2.05, 4.69) is 59.5 Å². The lowest BCUT2D eigenvalue weighted by Crippen LogP contribution is -2.37. The Labute approximate surface area is 160 Å². The van der Waals surface area contributed by atoms with Gasteiger partial charge in [-0.15, -0.1) is 0 Å². The standard InChI is InChI=1S/C24H22N2O/c25-16-22-8-4-5-9-23(22)20-12-10-19(11-13-20)17-26-14-15-27-24(18-26)21-6-2-1-3-7-21/h1-13,24H,14-15,17-18H2/t24-/m1/s1. The van der Waals surface area contributed by atoms with E-state index in [0.717, 1.165) is 37.4 Å². The summed E-state index contributed by atoms with van der Waals surface area (Å²) in [5.74, 6) is 0. The molecular formula is C24H22N2O. The van der Waals surface area contributed by atoms with Crippen LogP contribution in [0.2, 0.25) is 0 Å². The van der Waals surface area contributed by atoms with E-state index in [-0.39, 0.29) is 6.10 Å². The van der Waals surface area contributed by atoms with E-state index >= 15 is 0 Å². The first kappa shape index (κ1) is 17.5. The van der Waals surface area contributed by atoms with Crippen molar-refractivity contribution in [2.24, 2.45) is 0 Å². The zero-order chi connectivity index (χ0) is 18.5. The molecule has 0 amide bonds. The number of morpholine rings is 1. The smallest absolute Gasteiger partial charge is 0.0998 e. The van der Waals surface area contributed by atoms with Crippen LogP contribution in [0, 0.1) is 11.3 Å². The van der Waals surface area contributed by atoms with Gasteiger partial charge in [0.05, 0.1) is 24.3 Å². The molecule has 1 atom stereocenters. The molecule has 1 saturated heterocycles. The Morgan fingerprint density at radius 3 is 2.44 bits per heavy atom. The molecule has 3 nitrogen and oxygen atoms in total. The van der Waals surface area contributed by atoms with Crippen molar-refractivity contribution in [3.63, 3.8) is 0 Å². The molecule has 3 aromatic rings. The Balaban J connectivity index is 1.45. The largest absolute Gasteiger partial charge is 0.371 e. The van der Waals surface area contributed by atoms with Crippen molar-refractivity contribution in [1.29, 1.82) is 5.26 Å². The van der Waals surface area contributed by atoms with Crippen molar-refractivity contribution < 1.29 is 4.74 Å². The molecule has 0 N–H and O–H groups in total. The van der Waals surface area contributed by atoms with E-state index in [1.807, 2.05) is 30.3 Å². The van der Waals surface area contributed by atoms with Gasteiger partial charge in [-0.3, -0.25) is 4.90 Å². The molecule has 0 saturated carbocycles. The first-order chi connectivity index (χ1) is 13.3. The summed E-state index contributed by atoms with van der Waals surface area (Å²) in [6, 6.07) is 29.0. The number of nitrogens with zero attached hydrogens (tertiary/aromatic N) is 2. The Bertz CT molecular complexity index is 929. The molecule has 3 aromatic carbocycles. The fourth-order valence-corrected chi connectivity index (χ4v) is 3.60. The Morgan fingerprint density at radius 1 is 0.926 bits per heavy atom. The highest BCUT2D eigenvalue weighted by Crippen LogP contribution is 2.25. The van der Waals surface area contributed by atoms with Gasteiger partial charge in [-0.2, -0.15) is 5.26 Å². The van der Waals surface area contributed by atoms with Crippen LogP contribution in [0.4, 0.5) is 0 Å². The van der Waals surface area contributed by atoms with Gasteiger partial charge in [0.25, 0.3) is 0 Å². The highest BCUT2D eigenvalue weighted by Gasteiger charge is 2.21. The quantitative estimate of drug-likeness (QED) is 0.675. The van der Waals surface area contributed by atoms with Crippen LogP contribution in [0.5, 0.6) is 0 Å². The minimum absolute atomic E-state index is 0.140. The van der Waals surface area contributed by atoms with E-state index in [9.17, 15) is 5.26 Å². The summed E-state index contributed by atoms with van der Waals surface area (Å²) in [6.07, 6.45) is 0.140. The Kier molecular flexibility index (Phi) is 5.29.